The van der Waals surface area contributed by atoms with Gasteiger partial charge in [-0.1, -0.05) is 17.7 Å². The van der Waals surface area contributed by atoms with Gasteiger partial charge in [0.15, 0.2) is 0 Å². The molecule has 0 heterocycles. The molecule has 1 rings (SSSR count). The molecule has 2 nitrogen and oxygen atoms in total. The largest absolute Gasteiger partial charge is 0.399 e. The van der Waals surface area contributed by atoms with Crippen LogP contribution in [0.2, 0.25) is 5.02 Å². The first kappa shape index (κ1) is 6.91. The van der Waals surface area contributed by atoms with Crippen molar-refractivity contribution in [1.82, 2.24) is 0 Å². The van der Waals surface area contributed by atoms with Gasteiger partial charge < -0.3 is 5.73 Å². The summed E-state index contributed by atoms with van der Waals surface area (Å²) >= 11 is 5.64. The number of halogens is 1. The highest BCUT2D eigenvalue weighted by Crippen LogP contribution is 2.26. The van der Waals surface area contributed by atoms with E-state index < -0.39 is 0 Å². The van der Waals surface area contributed by atoms with Crippen LogP contribution < -0.4 is 5.73 Å². The zero-order chi connectivity index (χ0) is 7.56. The molecule has 0 bridgehead atoms. The third-order valence-corrected chi connectivity index (χ3v) is 1.39. The Morgan fingerprint density at radius 2 is 2.20 bits per heavy atom. The highest BCUT2D eigenvalue weighted by atomic mass is 35.5. The summed E-state index contributed by atoms with van der Waals surface area (Å²) in [6, 6.07) is 4.82. The normalized spacial score (nSPS) is 8.80. The average molecular weight is 153 g/mol. The molecule has 10 heavy (non-hydrogen) atoms. The molecule has 0 unspecified atom stereocenters. The van der Waals surface area contributed by atoms with Gasteiger partial charge >= 0.3 is 0 Å². The molecule has 0 radical (unpaired) electrons. The fraction of sp³-hybridized carbons (Fsp3) is 0. The van der Waals surface area contributed by atoms with Crippen LogP contribution in [0.25, 0.3) is 4.85 Å². The second-order valence-corrected chi connectivity index (χ2v) is 2.23. The molecule has 2 N–H and O–H groups in total. The Hall–Kier alpha value is -1.20. The van der Waals surface area contributed by atoms with E-state index in [9.17, 15) is 0 Å². The van der Waals surface area contributed by atoms with Crippen LogP contribution in [-0.4, -0.2) is 0 Å². The minimum Gasteiger partial charge on any atom is -0.399 e. The van der Waals surface area contributed by atoms with Crippen LogP contribution in [-0.2, 0) is 0 Å². The number of nitrogen functional groups attached to an aromatic ring is 1. The van der Waals surface area contributed by atoms with Gasteiger partial charge in [0.25, 0.3) is 0 Å². The van der Waals surface area contributed by atoms with Crippen molar-refractivity contribution in [2.45, 2.75) is 0 Å². The predicted octanol–water partition coefficient (Wildman–Crippen LogP) is 2.47. The minimum atomic E-state index is 0.412. The molecule has 0 aliphatic carbocycles. The lowest BCUT2D eigenvalue weighted by atomic mass is 10.3. The zero-order valence-corrected chi connectivity index (χ0v) is 5.89. The summed E-state index contributed by atoms with van der Waals surface area (Å²) in [7, 11) is 0. The van der Waals surface area contributed by atoms with Crippen LogP contribution in [0.4, 0.5) is 11.4 Å². The monoisotopic (exact) mass is 152 g/mol. The Balaban J connectivity index is 3.23. The molecule has 0 amide bonds. The van der Waals surface area contributed by atoms with Crippen molar-refractivity contribution in [1.29, 1.82) is 0 Å². The lowest BCUT2D eigenvalue weighted by Gasteiger charge is -1.94. The summed E-state index contributed by atoms with van der Waals surface area (Å²) < 4.78 is 0. The van der Waals surface area contributed by atoms with Crippen molar-refractivity contribution < 1.29 is 0 Å². The van der Waals surface area contributed by atoms with E-state index >= 15 is 0 Å². The van der Waals surface area contributed by atoms with E-state index in [2.05, 4.69) is 4.85 Å². The standard InChI is InChI=1S/C7H5ClN2/c1-10-7-3-2-5(9)4-6(7)8/h2-4H,9H2. The van der Waals surface area contributed by atoms with E-state index in [0.29, 0.717) is 16.4 Å². The molecule has 0 aliphatic heterocycles. The SMILES string of the molecule is [C-]#[N+]c1ccc(N)cc1Cl. The lowest BCUT2D eigenvalue weighted by molar-refractivity contribution is 1.69. The smallest absolute Gasteiger partial charge is 0.205 e. The van der Waals surface area contributed by atoms with E-state index in [0.717, 1.165) is 0 Å². The van der Waals surface area contributed by atoms with Crippen LogP contribution in [0.15, 0.2) is 18.2 Å². The minimum absolute atomic E-state index is 0.412. The molecule has 0 aromatic heterocycles. The number of nitrogens with zero attached hydrogens (tertiary/aromatic N) is 1. The number of anilines is 1. The van der Waals surface area contributed by atoms with E-state index in [4.69, 9.17) is 23.9 Å². The van der Waals surface area contributed by atoms with Gasteiger partial charge in [0.2, 0.25) is 5.69 Å². The van der Waals surface area contributed by atoms with Gasteiger partial charge in [0.05, 0.1) is 6.57 Å². The Bertz CT molecular complexity index is 288. The molecular weight excluding hydrogens is 148 g/mol. The van der Waals surface area contributed by atoms with E-state index in [-0.39, 0.29) is 0 Å². The Labute approximate surface area is 64.0 Å². The van der Waals surface area contributed by atoms with Gasteiger partial charge in [-0.05, 0) is 12.1 Å². The summed E-state index contributed by atoms with van der Waals surface area (Å²) in [4.78, 5) is 3.17. The predicted molar refractivity (Wildman–Crippen MR) is 42.1 cm³/mol. The molecule has 0 aliphatic rings. The Kier molecular flexibility index (Phi) is 1.79. The second-order valence-electron chi connectivity index (χ2n) is 1.82. The van der Waals surface area contributed by atoms with Crippen LogP contribution in [0.1, 0.15) is 0 Å². The first-order valence-corrected chi connectivity index (χ1v) is 3.04. The van der Waals surface area contributed by atoms with Crippen LogP contribution in [0.5, 0.6) is 0 Å². The van der Waals surface area contributed by atoms with E-state index in [1.165, 1.54) is 0 Å². The van der Waals surface area contributed by atoms with Crippen molar-refractivity contribution in [2.75, 3.05) is 5.73 Å². The summed E-state index contributed by atoms with van der Waals surface area (Å²) in [6.07, 6.45) is 0. The molecule has 0 atom stereocenters. The molecular formula is C7H5ClN2. The zero-order valence-electron chi connectivity index (χ0n) is 5.13. The van der Waals surface area contributed by atoms with Gasteiger partial charge in [0, 0.05) is 10.7 Å². The highest BCUT2D eigenvalue weighted by Gasteiger charge is 1.97. The molecule has 50 valence electrons. The van der Waals surface area contributed by atoms with Gasteiger partial charge in [-0.3, -0.25) is 0 Å². The van der Waals surface area contributed by atoms with Gasteiger partial charge in [-0.15, -0.1) is 0 Å². The molecule has 0 fully saturated rings. The van der Waals surface area contributed by atoms with Crippen molar-refractivity contribution >= 4 is 23.0 Å². The van der Waals surface area contributed by atoms with Gasteiger partial charge in [-0.25, -0.2) is 4.85 Å². The topological polar surface area (TPSA) is 30.4 Å². The van der Waals surface area contributed by atoms with E-state index in [1.807, 2.05) is 0 Å². The Morgan fingerprint density at radius 1 is 1.50 bits per heavy atom. The quantitative estimate of drug-likeness (QED) is 0.449. The maximum atomic E-state index is 6.65. The molecule has 1 aromatic rings. The molecule has 3 heteroatoms. The number of hydrogen-bond acceptors (Lipinski definition) is 1. The molecule has 0 spiro atoms. The number of benzene rings is 1. The highest BCUT2D eigenvalue weighted by molar-refractivity contribution is 6.33. The summed E-state index contributed by atoms with van der Waals surface area (Å²) in [5.74, 6) is 0. The van der Waals surface area contributed by atoms with Crippen molar-refractivity contribution in [3.63, 3.8) is 0 Å². The first-order chi connectivity index (χ1) is 4.74. The number of nitrogens with two attached hydrogens (primary N) is 1. The maximum absolute atomic E-state index is 6.65. The maximum Gasteiger partial charge on any atom is 0.205 e. The fourth-order valence-electron chi connectivity index (χ4n) is 0.614. The summed E-state index contributed by atoms with van der Waals surface area (Å²) in [5.41, 5.74) is 6.42. The summed E-state index contributed by atoms with van der Waals surface area (Å²) in [6.45, 7) is 6.65. The van der Waals surface area contributed by atoms with Crippen LogP contribution in [0, 0.1) is 6.57 Å². The van der Waals surface area contributed by atoms with Crippen molar-refractivity contribution in [2.24, 2.45) is 0 Å². The third-order valence-electron chi connectivity index (χ3n) is 1.09. The average Bonchev–Trinajstić information content (AvgIpc) is 1.88. The van der Waals surface area contributed by atoms with Crippen molar-refractivity contribution in [3.05, 3.63) is 34.6 Å². The molecule has 0 saturated carbocycles. The number of hydrogen-bond donors (Lipinski definition) is 1. The van der Waals surface area contributed by atoms with Gasteiger partial charge in [0.1, 0.15) is 0 Å². The van der Waals surface area contributed by atoms with Gasteiger partial charge in [-0.2, -0.15) is 0 Å². The second kappa shape index (κ2) is 2.59. The van der Waals surface area contributed by atoms with E-state index in [1.54, 1.807) is 18.2 Å². The van der Waals surface area contributed by atoms with Crippen LogP contribution >= 0.6 is 11.6 Å². The molecule has 1 aromatic carbocycles. The molecule has 0 saturated heterocycles. The first-order valence-electron chi connectivity index (χ1n) is 2.66. The lowest BCUT2D eigenvalue weighted by Crippen LogP contribution is -1.81. The van der Waals surface area contributed by atoms with Crippen molar-refractivity contribution in [3.8, 4) is 0 Å². The Morgan fingerprint density at radius 3 is 2.70 bits per heavy atom. The fourth-order valence-corrected chi connectivity index (χ4v) is 0.845. The number of rotatable bonds is 0. The van der Waals surface area contributed by atoms with Crippen LogP contribution in [0.3, 0.4) is 0 Å². The summed E-state index contributed by atoms with van der Waals surface area (Å²) in [5, 5.41) is 0.412. The third kappa shape index (κ3) is 1.20.